The van der Waals surface area contributed by atoms with E-state index in [0.29, 0.717) is 16.8 Å². The number of carbonyl (C=O) groups excluding carboxylic acids is 1. The van der Waals surface area contributed by atoms with Gasteiger partial charge in [-0.05, 0) is 30.7 Å². The van der Waals surface area contributed by atoms with Crippen LogP contribution in [0.4, 0.5) is 5.69 Å². The van der Waals surface area contributed by atoms with Crippen LogP contribution in [0, 0.1) is 0 Å². The smallest absolute Gasteiger partial charge is 0.188 e. The molecule has 0 bridgehead atoms. The molecule has 0 heterocycles. The van der Waals surface area contributed by atoms with Crippen LogP contribution in [-0.4, -0.2) is 30.2 Å². The van der Waals surface area contributed by atoms with Crippen molar-refractivity contribution >= 4 is 17.2 Å². The van der Waals surface area contributed by atoms with Gasteiger partial charge in [0.25, 0.3) is 0 Å². The van der Waals surface area contributed by atoms with E-state index in [9.17, 15) is 9.90 Å². The number of hydrogen-bond acceptors (Lipinski definition) is 4. The van der Waals surface area contributed by atoms with Crippen molar-refractivity contribution in [1.29, 1.82) is 0 Å². The highest BCUT2D eigenvalue weighted by atomic mass is 16.3. The van der Waals surface area contributed by atoms with Gasteiger partial charge in [-0.2, -0.15) is 0 Å². The van der Waals surface area contributed by atoms with Gasteiger partial charge in [-0.15, -0.1) is 0 Å². The molecular formula is C14H16N2O2. The number of carbonyl (C=O) groups is 1. The number of ketones is 1. The molecule has 2 rings (SSSR count). The number of fused-ring (bicyclic) bond motifs is 1. The number of rotatable bonds is 3. The fourth-order valence-corrected chi connectivity index (χ4v) is 2.02. The molecule has 1 aromatic rings. The fraction of sp³-hybridized carbons (Fsp3) is 0.286. The molecular weight excluding hydrogens is 228 g/mol. The van der Waals surface area contributed by atoms with Gasteiger partial charge in [-0.3, -0.25) is 9.79 Å². The van der Waals surface area contributed by atoms with Crippen molar-refractivity contribution in [2.45, 2.75) is 13.3 Å². The molecule has 0 fully saturated rings. The average molecular weight is 244 g/mol. The lowest BCUT2D eigenvalue weighted by Gasteiger charge is -2.18. The Morgan fingerprint density at radius 2 is 2.06 bits per heavy atom. The molecule has 4 heteroatoms. The summed E-state index contributed by atoms with van der Waals surface area (Å²) in [5, 5.41) is 13.1. The maximum absolute atomic E-state index is 12.0. The molecule has 94 valence electrons. The van der Waals surface area contributed by atoms with E-state index in [0.717, 1.165) is 18.7 Å². The minimum atomic E-state index is -0.105. The molecule has 2 N–H and O–H groups in total. The van der Waals surface area contributed by atoms with Gasteiger partial charge in [0.2, 0.25) is 0 Å². The lowest BCUT2D eigenvalue weighted by Crippen LogP contribution is -2.16. The average Bonchev–Trinajstić information content (AvgIpc) is 2.39. The van der Waals surface area contributed by atoms with Crippen molar-refractivity contribution in [1.82, 2.24) is 0 Å². The van der Waals surface area contributed by atoms with Crippen LogP contribution >= 0.6 is 0 Å². The predicted molar refractivity (Wildman–Crippen MR) is 72.8 cm³/mol. The second-order valence-corrected chi connectivity index (χ2v) is 4.12. The molecule has 0 aromatic heterocycles. The van der Waals surface area contributed by atoms with Gasteiger partial charge in [0, 0.05) is 19.3 Å². The summed E-state index contributed by atoms with van der Waals surface area (Å²) in [5.41, 5.74) is 2.40. The number of phenolic OH excluding ortho intramolecular Hbond substituents is 1. The molecule has 1 aliphatic rings. The van der Waals surface area contributed by atoms with E-state index in [-0.39, 0.29) is 11.5 Å². The summed E-state index contributed by atoms with van der Waals surface area (Å²) < 4.78 is 0. The van der Waals surface area contributed by atoms with Crippen molar-refractivity contribution in [2.24, 2.45) is 4.99 Å². The quantitative estimate of drug-likeness (QED) is 0.802. The van der Waals surface area contributed by atoms with Crippen LogP contribution in [-0.2, 0) is 0 Å². The highest BCUT2D eigenvalue weighted by Gasteiger charge is 2.23. The minimum Gasteiger partial charge on any atom is -0.507 e. The highest BCUT2D eigenvalue weighted by Crippen LogP contribution is 2.32. The van der Waals surface area contributed by atoms with E-state index in [1.54, 1.807) is 25.3 Å². The third-order valence-corrected chi connectivity index (χ3v) is 2.88. The lowest BCUT2D eigenvalue weighted by molar-refractivity contribution is 0.104. The zero-order valence-electron chi connectivity index (χ0n) is 10.5. The molecule has 4 nitrogen and oxygen atoms in total. The molecule has 0 saturated carbocycles. The molecule has 1 aromatic carbocycles. The van der Waals surface area contributed by atoms with Crippen LogP contribution in [0.3, 0.4) is 0 Å². The molecule has 0 saturated heterocycles. The van der Waals surface area contributed by atoms with Gasteiger partial charge in [0.15, 0.2) is 5.78 Å². The van der Waals surface area contributed by atoms with Crippen LogP contribution in [0.25, 0.3) is 0 Å². The van der Waals surface area contributed by atoms with E-state index in [1.807, 2.05) is 0 Å². The first-order chi connectivity index (χ1) is 8.69. The monoisotopic (exact) mass is 244 g/mol. The molecule has 0 radical (unpaired) electrons. The molecule has 0 atom stereocenters. The Labute approximate surface area is 106 Å². The summed E-state index contributed by atoms with van der Waals surface area (Å²) in [5.74, 6) is -0.0164. The Kier molecular flexibility index (Phi) is 3.46. The first kappa shape index (κ1) is 12.4. The first-order valence-electron chi connectivity index (χ1n) is 5.98. The van der Waals surface area contributed by atoms with E-state index in [4.69, 9.17) is 0 Å². The number of benzene rings is 1. The molecule has 0 aliphatic heterocycles. The number of aromatic hydroxyl groups is 1. The maximum atomic E-state index is 12.0. The van der Waals surface area contributed by atoms with Crippen LogP contribution in [0.5, 0.6) is 5.75 Å². The standard InChI is InChI=1S/C14H16N2O2/c1-3-8-16-10-5-7-11(17)13-9(15-2)4-6-12(18)14(10)13/h4-7,16-17H,3,8H2,1-2H3. The van der Waals surface area contributed by atoms with Crippen LogP contribution < -0.4 is 5.32 Å². The third kappa shape index (κ3) is 2.01. The summed E-state index contributed by atoms with van der Waals surface area (Å²) >= 11 is 0. The van der Waals surface area contributed by atoms with Gasteiger partial charge in [0.1, 0.15) is 5.75 Å². The Morgan fingerprint density at radius 1 is 1.28 bits per heavy atom. The van der Waals surface area contributed by atoms with E-state index in [1.165, 1.54) is 6.08 Å². The van der Waals surface area contributed by atoms with Gasteiger partial charge < -0.3 is 10.4 Å². The molecule has 0 amide bonds. The van der Waals surface area contributed by atoms with Gasteiger partial charge in [-0.25, -0.2) is 0 Å². The van der Waals surface area contributed by atoms with Gasteiger partial charge >= 0.3 is 0 Å². The summed E-state index contributed by atoms with van der Waals surface area (Å²) in [4.78, 5) is 16.1. The normalized spacial score (nSPS) is 15.9. The highest BCUT2D eigenvalue weighted by molar-refractivity contribution is 6.27. The first-order valence-corrected chi connectivity index (χ1v) is 5.98. The second kappa shape index (κ2) is 5.04. The summed E-state index contributed by atoms with van der Waals surface area (Å²) in [6.45, 7) is 2.84. The van der Waals surface area contributed by atoms with Crippen molar-refractivity contribution in [3.05, 3.63) is 35.4 Å². The third-order valence-electron chi connectivity index (χ3n) is 2.88. The maximum Gasteiger partial charge on any atom is 0.188 e. The van der Waals surface area contributed by atoms with E-state index >= 15 is 0 Å². The van der Waals surface area contributed by atoms with Crippen LogP contribution in [0.15, 0.2) is 29.3 Å². The number of allylic oxidation sites excluding steroid dienone is 2. The van der Waals surface area contributed by atoms with Crippen molar-refractivity contribution in [3.63, 3.8) is 0 Å². The van der Waals surface area contributed by atoms with Crippen LogP contribution in [0.2, 0.25) is 0 Å². The number of hydrogen-bond donors (Lipinski definition) is 2. The Hall–Kier alpha value is -2.10. The lowest BCUT2D eigenvalue weighted by atomic mass is 9.91. The van der Waals surface area contributed by atoms with E-state index < -0.39 is 0 Å². The molecule has 1 aliphatic carbocycles. The zero-order valence-corrected chi connectivity index (χ0v) is 10.5. The number of aliphatic imine (C=N–C) groups is 1. The van der Waals surface area contributed by atoms with Crippen LogP contribution in [0.1, 0.15) is 29.3 Å². The van der Waals surface area contributed by atoms with E-state index in [2.05, 4.69) is 17.2 Å². The summed E-state index contributed by atoms with van der Waals surface area (Å²) in [7, 11) is 1.64. The summed E-state index contributed by atoms with van der Waals surface area (Å²) in [6.07, 6.45) is 4.09. The Balaban J connectivity index is 2.59. The SMILES string of the molecule is CCCNc1ccc(O)c2c1C(=O)C=CC2=NC. The topological polar surface area (TPSA) is 61.7 Å². The zero-order chi connectivity index (χ0) is 13.1. The Morgan fingerprint density at radius 3 is 2.72 bits per heavy atom. The minimum absolute atomic E-state index is 0.0883. The number of nitrogens with zero attached hydrogens (tertiary/aromatic N) is 1. The number of phenols is 1. The van der Waals surface area contributed by atoms with Crippen molar-refractivity contribution in [3.8, 4) is 5.75 Å². The fourth-order valence-electron chi connectivity index (χ4n) is 2.02. The molecule has 0 spiro atoms. The van der Waals surface area contributed by atoms with Crippen molar-refractivity contribution in [2.75, 3.05) is 18.9 Å². The molecule has 0 unspecified atom stereocenters. The summed E-state index contributed by atoms with van der Waals surface area (Å²) in [6, 6.07) is 3.32. The predicted octanol–water partition coefficient (Wildman–Crippen LogP) is 2.39. The number of nitrogens with one attached hydrogen (secondary N) is 1. The molecule has 18 heavy (non-hydrogen) atoms. The van der Waals surface area contributed by atoms with Gasteiger partial charge in [-0.1, -0.05) is 6.92 Å². The Bertz CT molecular complexity index is 545. The van der Waals surface area contributed by atoms with Crippen molar-refractivity contribution < 1.29 is 9.90 Å². The number of anilines is 1. The second-order valence-electron chi connectivity index (χ2n) is 4.12. The van der Waals surface area contributed by atoms with Gasteiger partial charge in [0.05, 0.1) is 16.8 Å². The largest absolute Gasteiger partial charge is 0.507 e.